The molecule has 1 fully saturated rings. The summed E-state index contributed by atoms with van der Waals surface area (Å²) >= 11 is 0. The van der Waals surface area contributed by atoms with Crippen LogP contribution in [0.3, 0.4) is 0 Å². The van der Waals surface area contributed by atoms with Crippen LogP contribution in [0.25, 0.3) is 0 Å². The van der Waals surface area contributed by atoms with Crippen LogP contribution in [0.2, 0.25) is 0 Å². The highest BCUT2D eigenvalue weighted by atomic mass is 19.1. The summed E-state index contributed by atoms with van der Waals surface area (Å²) in [5.74, 6) is 0.549. The first-order chi connectivity index (χ1) is 5.84. The molecule has 1 aliphatic rings. The molecule has 1 nitrogen and oxygen atoms in total. The lowest BCUT2D eigenvalue weighted by atomic mass is 9.94. The Balaban J connectivity index is 1.98. The zero-order valence-electron chi connectivity index (χ0n) is 6.83. The molecule has 0 aliphatic carbocycles. The van der Waals surface area contributed by atoms with Crippen molar-refractivity contribution in [2.75, 3.05) is 13.1 Å². The van der Waals surface area contributed by atoms with E-state index < -0.39 is 0 Å². The van der Waals surface area contributed by atoms with Crippen LogP contribution in [0.4, 0.5) is 4.39 Å². The van der Waals surface area contributed by atoms with Crippen LogP contribution >= 0.6 is 0 Å². The molecule has 63 valence electrons. The van der Waals surface area contributed by atoms with Crippen LogP contribution in [-0.2, 0) is 6.42 Å². The number of nitrogens with zero attached hydrogens (tertiary/aromatic N) is 1. The molecule has 2 rings (SSSR count). The zero-order chi connectivity index (χ0) is 8.39. The molecule has 1 aromatic carbocycles. The molecule has 2 heteroatoms. The Hall–Kier alpha value is -0.890. The van der Waals surface area contributed by atoms with Crippen molar-refractivity contribution in [2.24, 2.45) is 5.92 Å². The fourth-order valence-corrected chi connectivity index (χ4v) is 1.39. The third-order valence-corrected chi connectivity index (χ3v) is 2.21. The second kappa shape index (κ2) is 3.23. The molecule has 0 aromatic heterocycles. The molecular formula is C10H11FN. The Kier molecular flexibility index (Phi) is 2.09. The predicted molar refractivity (Wildman–Crippen MR) is 45.5 cm³/mol. The largest absolute Gasteiger partial charge is 0.241 e. The lowest BCUT2D eigenvalue weighted by molar-refractivity contribution is 0.338. The maximum Gasteiger partial charge on any atom is 0.123 e. The van der Waals surface area contributed by atoms with Gasteiger partial charge < -0.3 is 0 Å². The van der Waals surface area contributed by atoms with E-state index >= 15 is 0 Å². The van der Waals surface area contributed by atoms with E-state index in [1.165, 1.54) is 17.7 Å². The zero-order valence-corrected chi connectivity index (χ0v) is 6.83. The Morgan fingerprint density at radius 3 is 2.42 bits per heavy atom. The lowest BCUT2D eigenvalue weighted by Gasteiger charge is -2.24. The van der Waals surface area contributed by atoms with E-state index in [-0.39, 0.29) is 5.82 Å². The van der Waals surface area contributed by atoms with Gasteiger partial charge in [-0.3, -0.25) is 0 Å². The maximum absolute atomic E-state index is 12.5. The van der Waals surface area contributed by atoms with Crippen molar-refractivity contribution >= 4 is 0 Å². The van der Waals surface area contributed by atoms with E-state index in [1.54, 1.807) is 0 Å². The van der Waals surface area contributed by atoms with Crippen molar-refractivity contribution in [1.29, 1.82) is 0 Å². The number of rotatable bonds is 2. The second-order valence-electron chi connectivity index (χ2n) is 3.29. The van der Waals surface area contributed by atoms with Crippen LogP contribution < -0.4 is 5.32 Å². The standard InChI is InChI=1S/C10H11FN/c11-10-3-1-8(2-4-10)5-9-6-12-7-9/h1-4,9H,5-7H2. The number of benzene rings is 1. The van der Waals surface area contributed by atoms with Crippen LogP contribution in [0.1, 0.15) is 5.56 Å². The molecule has 0 atom stereocenters. The van der Waals surface area contributed by atoms with Gasteiger partial charge in [-0.1, -0.05) is 12.1 Å². The third-order valence-electron chi connectivity index (χ3n) is 2.21. The topological polar surface area (TPSA) is 14.1 Å². The molecule has 1 aliphatic heterocycles. The number of hydrogen-bond acceptors (Lipinski definition) is 0. The van der Waals surface area contributed by atoms with Gasteiger partial charge in [-0.2, -0.15) is 0 Å². The van der Waals surface area contributed by atoms with Crippen LogP contribution in [-0.4, -0.2) is 13.1 Å². The highest BCUT2D eigenvalue weighted by molar-refractivity contribution is 5.17. The summed E-state index contributed by atoms with van der Waals surface area (Å²) in [5.41, 5.74) is 1.22. The van der Waals surface area contributed by atoms with Gasteiger partial charge in [0.2, 0.25) is 0 Å². The van der Waals surface area contributed by atoms with Gasteiger partial charge in [0, 0.05) is 13.1 Å². The molecule has 1 radical (unpaired) electrons. The molecule has 0 saturated carbocycles. The highest BCUT2D eigenvalue weighted by Crippen LogP contribution is 2.13. The Labute approximate surface area is 71.6 Å². The highest BCUT2D eigenvalue weighted by Gasteiger charge is 2.17. The molecule has 0 spiro atoms. The molecule has 0 unspecified atom stereocenters. The first kappa shape index (κ1) is 7.74. The summed E-state index contributed by atoms with van der Waals surface area (Å²) in [6.07, 6.45) is 1.05. The Morgan fingerprint density at radius 1 is 1.25 bits per heavy atom. The minimum atomic E-state index is -0.156. The van der Waals surface area contributed by atoms with Gasteiger partial charge in [0.1, 0.15) is 5.82 Å². The monoisotopic (exact) mass is 164 g/mol. The quantitative estimate of drug-likeness (QED) is 0.630. The van der Waals surface area contributed by atoms with Crippen molar-refractivity contribution in [3.8, 4) is 0 Å². The second-order valence-corrected chi connectivity index (χ2v) is 3.29. The average Bonchev–Trinajstić information content (AvgIpc) is 2.00. The SMILES string of the molecule is Fc1ccc(CC2C[N]C2)cc1. The number of halogens is 1. The van der Waals surface area contributed by atoms with Crippen molar-refractivity contribution < 1.29 is 4.39 Å². The molecule has 0 amide bonds. The van der Waals surface area contributed by atoms with E-state index in [0.717, 1.165) is 19.5 Å². The predicted octanol–water partition coefficient (Wildman–Crippen LogP) is 1.60. The van der Waals surface area contributed by atoms with Crippen molar-refractivity contribution in [3.63, 3.8) is 0 Å². The molecule has 1 saturated heterocycles. The van der Waals surface area contributed by atoms with Gasteiger partial charge in [-0.15, -0.1) is 0 Å². The van der Waals surface area contributed by atoms with Crippen molar-refractivity contribution in [3.05, 3.63) is 35.6 Å². The fraction of sp³-hybridized carbons (Fsp3) is 0.400. The molecule has 1 aromatic rings. The van der Waals surface area contributed by atoms with Gasteiger partial charge in [-0.25, -0.2) is 9.71 Å². The van der Waals surface area contributed by atoms with Crippen LogP contribution in [0.15, 0.2) is 24.3 Å². The van der Waals surface area contributed by atoms with Crippen LogP contribution in [0, 0.1) is 11.7 Å². The van der Waals surface area contributed by atoms with Gasteiger partial charge in [0.15, 0.2) is 0 Å². The lowest BCUT2D eigenvalue weighted by Crippen LogP contribution is -2.37. The summed E-state index contributed by atoms with van der Waals surface area (Å²) in [6.45, 7) is 1.97. The number of hydrogen-bond donors (Lipinski definition) is 0. The van der Waals surface area contributed by atoms with Gasteiger partial charge in [-0.05, 0) is 30.0 Å². The minimum absolute atomic E-state index is 0.156. The summed E-state index contributed by atoms with van der Waals surface area (Å²) in [4.78, 5) is 0. The van der Waals surface area contributed by atoms with Gasteiger partial charge in [0.05, 0.1) is 0 Å². The summed E-state index contributed by atoms with van der Waals surface area (Å²) < 4.78 is 12.5. The fourth-order valence-electron chi connectivity index (χ4n) is 1.39. The van der Waals surface area contributed by atoms with Gasteiger partial charge >= 0.3 is 0 Å². The Morgan fingerprint density at radius 2 is 1.92 bits per heavy atom. The molecule has 0 bridgehead atoms. The molecular weight excluding hydrogens is 153 g/mol. The summed E-state index contributed by atoms with van der Waals surface area (Å²) in [7, 11) is 0. The normalized spacial score (nSPS) is 17.4. The third kappa shape index (κ3) is 1.64. The van der Waals surface area contributed by atoms with Crippen LogP contribution in [0.5, 0.6) is 0 Å². The minimum Gasteiger partial charge on any atom is -0.241 e. The van der Waals surface area contributed by atoms with E-state index in [4.69, 9.17) is 0 Å². The van der Waals surface area contributed by atoms with E-state index in [2.05, 4.69) is 5.32 Å². The van der Waals surface area contributed by atoms with E-state index in [9.17, 15) is 4.39 Å². The smallest absolute Gasteiger partial charge is 0.123 e. The summed E-state index contributed by atoms with van der Waals surface area (Å²) in [6, 6.07) is 6.75. The Bertz CT molecular complexity index is 251. The first-order valence-corrected chi connectivity index (χ1v) is 4.22. The maximum atomic E-state index is 12.5. The van der Waals surface area contributed by atoms with Crippen molar-refractivity contribution in [1.82, 2.24) is 5.32 Å². The first-order valence-electron chi connectivity index (χ1n) is 4.22. The molecule has 12 heavy (non-hydrogen) atoms. The van der Waals surface area contributed by atoms with E-state index in [1.807, 2.05) is 12.1 Å². The van der Waals surface area contributed by atoms with Crippen molar-refractivity contribution in [2.45, 2.75) is 6.42 Å². The van der Waals surface area contributed by atoms with Gasteiger partial charge in [0.25, 0.3) is 0 Å². The molecule has 1 heterocycles. The average molecular weight is 164 g/mol. The molecule has 0 N–H and O–H groups in total. The van der Waals surface area contributed by atoms with E-state index in [0.29, 0.717) is 5.92 Å². The summed E-state index contributed by atoms with van der Waals surface area (Å²) in [5, 5.41) is 4.14.